The van der Waals surface area contributed by atoms with Crippen LogP contribution in [0.15, 0.2) is 12.4 Å². The van der Waals surface area contributed by atoms with Gasteiger partial charge in [-0.2, -0.15) is 5.10 Å². The van der Waals surface area contributed by atoms with Crippen molar-refractivity contribution in [3.63, 3.8) is 0 Å². The Hall–Kier alpha value is -2.22. The molecule has 0 saturated carbocycles. The van der Waals surface area contributed by atoms with Crippen LogP contribution < -0.4 is 10.5 Å². The van der Waals surface area contributed by atoms with Crippen molar-refractivity contribution >= 4 is 5.78 Å². The van der Waals surface area contributed by atoms with E-state index in [1.54, 1.807) is 13.2 Å². The van der Waals surface area contributed by atoms with E-state index in [1.807, 2.05) is 0 Å². The van der Waals surface area contributed by atoms with E-state index in [0.29, 0.717) is 23.7 Å². The number of methoxy groups -OCH3 is 1. The molecule has 0 aliphatic heterocycles. The summed E-state index contributed by atoms with van der Waals surface area (Å²) in [5.41, 5.74) is 6.47. The summed E-state index contributed by atoms with van der Waals surface area (Å²) in [7, 11) is 3.18. The molecule has 0 unspecified atom stereocenters. The molecule has 0 aliphatic rings. The largest absolute Gasteiger partial charge is 0.493 e. The summed E-state index contributed by atoms with van der Waals surface area (Å²) in [6, 6.07) is 0. The van der Waals surface area contributed by atoms with Crippen LogP contribution in [0.4, 0.5) is 0 Å². The Labute approximate surface area is 103 Å². The first kappa shape index (κ1) is 12.2. The molecule has 0 amide bonds. The highest BCUT2D eigenvalue weighted by Crippen LogP contribution is 2.17. The molecule has 0 bridgehead atoms. The van der Waals surface area contributed by atoms with Gasteiger partial charge in [-0.3, -0.25) is 9.48 Å². The number of nitrogens with two attached hydrogens (primary N) is 1. The third kappa shape index (κ3) is 2.23. The fourth-order valence-corrected chi connectivity index (χ4v) is 1.62. The molecule has 2 aromatic rings. The minimum absolute atomic E-state index is 0.0723. The first-order valence-corrected chi connectivity index (χ1v) is 5.34. The normalized spacial score (nSPS) is 10.6. The van der Waals surface area contributed by atoms with Crippen molar-refractivity contribution in [1.82, 2.24) is 24.8 Å². The minimum atomic E-state index is -0.152. The number of carbonyl (C=O) groups excluding carboxylic acids is 1. The van der Waals surface area contributed by atoms with E-state index in [-0.39, 0.29) is 12.3 Å². The Balaban J connectivity index is 2.18. The van der Waals surface area contributed by atoms with Gasteiger partial charge in [0.25, 0.3) is 0 Å². The Kier molecular flexibility index (Phi) is 3.38. The number of Topliss-reactive ketones (excluding diaryl/α,β-unsaturated/α-hetero) is 1. The van der Waals surface area contributed by atoms with E-state index < -0.39 is 0 Å². The maximum atomic E-state index is 12.1. The minimum Gasteiger partial charge on any atom is -0.493 e. The lowest BCUT2D eigenvalue weighted by molar-refractivity contribution is 0.0954. The van der Waals surface area contributed by atoms with Crippen molar-refractivity contribution in [2.24, 2.45) is 12.8 Å². The smallest absolute Gasteiger partial charge is 0.206 e. The van der Waals surface area contributed by atoms with Crippen LogP contribution in [-0.2, 0) is 20.1 Å². The molecule has 0 saturated heterocycles. The molecule has 8 nitrogen and oxygen atoms in total. The summed E-state index contributed by atoms with van der Waals surface area (Å²) in [4.78, 5) is 12.1. The van der Waals surface area contributed by atoms with Crippen molar-refractivity contribution in [3.05, 3.63) is 23.8 Å². The topological polar surface area (TPSA) is 101 Å². The SMILES string of the molecule is COc1cnn(C)c1C(=O)Cn1cc(CN)nn1. The summed E-state index contributed by atoms with van der Waals surface area (Å²) in [5.74, 6) is 0.294. The van der Waals surface area contributed by atoms with Gasteiger partial charge in [0.2, 0.25) is 5.78 Å². The van der Waals surface area contributed by atoms with Crippen LogP contribution in [-0.4, -0.2) is 37.7 Å². The van der Waals surface area contributed by atoms with Crippen molar-refractivity contribution in [2.75, 3.05) is 7.11 Å². The molecular formula is C10H14N6O2. The third-order valence-electron chi connectivity index (χ3n) is 2.49. The molecule has 2 heterocycles. The molecule has 0 aromatic carbocycles. The first-order chi connectivity index (χ1) is 8.65. The van der Waals surface area contributed by atoms with Crippen molar-refractivity contribution < 1.29 is 9.53 Å². The molecule has 8 heteroatoms. The van der Waals surface area contributed by atoms with E-state index in [4.69, 9.17) is 10.5 Å². The van der Waals surface area contributed by atoms with Gasteiger partial charge in [0.05, 0.1) is 25.2 Å². The lowest BCUT2D eigenvalue weighted by atomic mass is 10.2. The van der Waals surface area contributed by atoms with E-state index in [9.17, 15) is 4.79 Å². The van der Waals surface area contributed by atoms with Gasteiger partial charge in [-0.15, -0.1) is 5.10 Å². The monoisotopic (exact) mass is 250 g/mol. The number of nitrogens with zero attached hydrogens (tertiary/aromatic N) is 5. The van der Waals surface area contributed by atoms with Gasteiger partial charge >= 0.3 is 0 Å². The summed E-state index contributed by atoms with van der Waals surface area (Å²) in [6.07, 6.45) is 3.14. The summed E-state index contributed by atoms with van der Waals surface area (Å²) in [5, 5.41) is 11.6. The van der Waals surface area contributed by atoms with Crippen LogP contribution in [0, 0.1) is 0 Å². The number of hydrogen-bond acceptors (Lipinski definition) is 6. The number of ether oxygens (including phenoxy) is 1. The Morgan fingerprint density at radius 3 is 2.94 bits per heavy atom. The molecule has 0 atom stereocenters. The van der Waals surface area contributed by atoms with E-state index in [0.717, 1.165) is 0 Å². The highest BCUT2D eigenvalue weighted by atomic mass is 16.5. The Morgan fingerprint density at radius 1 is 1.56 bits per heavy atom. The van der Waals surface area contributed by atoms with Crippen LogP contribution in [0.3, 0.4) is 0 Å². The standard InChI is InChI=1S/C10H14N6O2/c1-15-10(9(18-2)4-12-15)8(17)6-16-5-7(3-11)13-14-16/h4-5H,3,6,11H2,1-2H3. The summed E-state index contributed by atoms with van der Waals surface area (Å²) < 4.78 is 8.00. The molecule has 0 radical (unpaired) electrons. The van der Waals surface area contributed by atoms with Crippen molar-refractivity contribution in [2.45, 2.75) is 13.1 Å². The molecule has 0 fully saturated rings. The highest BCUT2D eigenvalue weighted by molar-refractivity contribution is 5.96. The number of aromatic nitrogens is 5. The zero-order chi connectivity index (χ0) is 13.1. The lowest BCUT2D eigenvalue weighted by Crippen LogP contribution is -2.15. The highest BCUT2D eigenvalue weighted by Gasteiger charge is 2.18. The second-order valence-corrected chi connectivity index (χ2v) is 3.72. The van der Waals surface area contributed by atoms with Gasteiger partial charge in [0, 0.05) is 13.6 Å². The summed E-state index contributed by atoms with van der Waals surface area (Å²) >= 11 is 0. The Morgan fingerprint density at radius 2 is 2.33 bits per heavy atom. The molecule has 0 spiro atoms. The van der Waals surface area contributed by atoms with Gasteiger partial charge in [-0.25, -0.2) is 4.68 Å². The van der Waals surface area contributed by atoms with E-state index >= 15 is 0 Å². The predicted octanol–water partition coefficient (Wildman–Crippen LogP) is -0.638. The van der Waals surface area contributed by atoms with Crippen LogP contribution in [0.25, 0.3) is 0 Å². The van der Waals surface area contributed by atoms with Gasteiger partial charge in [0.15, 0.2) is 5.75 Å². The van der Waals surface area contributed by atoms with E-state index in [1.165, 1.54) is 22.7 Å². The van der Waals surface area contributed by atoms with Gasteiger partial charge in [-0.1, -0.05) is 5.21 Å². The number of hydrogen-bond donors (Lipinski definition) is 1. The molecule has 2 aromatic heterocycles. The maximum Gasteiger partial charge on any atom is 0.206 e. The zero-order valence-corrected chi connectivity index (χ0v) is 10.2. The second kappa shape index (κ2) is 4.96. The fourth-order valence-electron chi connectivity index (χ4n) is 1.62. The second-order valence-electron chi connectivity index (χ2n) is 3.72. The maximum absolute atomic E-state index is 12.1. The van der Waals surface area contributed by atoms with E-state index in [2.05, 4.69) is 15.4 Å². The molecular weight excluding hydrogens is 236 g/mol. The molecule has 2 rings (SSSR count). The molecule has 0 aliphatic carbocycles. The van der Waals surface area contributed by atoms with Crippen molar-refractivity contribution in [1.29, 1.82) is 0 Å². The van der Waals surface area contributed by atoms with Crippen molar-refractivity contribution in [3.8, 4) is 5.75 Å². The third-order valence-corrected chi connectivity index (χ3v) is 2.49. The Bertz CT molecular complexity index is 558. The average Bonchev–Trinajstić information content (AvgIpc) is 2.95. The molecule has 2 N–H and O–H groups in total. The zero-order valence-electron chi connectivity index (χ0n) is 10.2. The number of rotatable bonds is 5. The predicted molar refractivity (Wildman–Crippen MR) is 62.0 cm³/mol. The summed E-state index contributed by atoms with van der Waals surface area (Å²) in [6.45, 7) is 0.367. The van der Waals surface area contributed by atoms with Gasteiger partial charge < -0.3 is 10.5 Å². The number of ketones is 1. The molecule has 96 valence electrons. The average molecular weight is 250 g/mol. The number of carbonyl (C=O) groups is 1. The van der Waals surface area contributed by atoms with Crippen LogP contribution in [0.1, 0.15) is 16.2 Å². The molecule has 18 heavy (non-hydrogen) atoms. The van der Waals surface area contributed by atoms with Crippen LogP contribution in [0.2, 0.25) is 0 Å². The van der Waals surface area contributed by atoms with Crippen LogP contribution >= 0.6 is 0 Å². The van der Waals surface area contributed by atoms with Crippen LogP contribution in [0.5, 0.6) is 5.75 Å². The lowest BCUT2D eigenvalue weighted by Gasteiger charge is -2.04. The van der Waals surface area contributed by atoms with Gasteiger partial charge in [0.1, 0.15) is 12.2 Å². The quantitative estimate of drug-likeness (QED) is 0.708. The fraction of sp³-hybridized carbons (Fsp3) is 0.400. The first-order valence-electron chi connectivity index (χ1n) is 5.34. The van der Waals surface area contributed by atoms with Gasteiger partial charge in [-0.05, 0) is 0 Å². The number of aryl methyl sites for hydroxylation is 1.